The van der Waals surface area contributed by atoms with Gasteiger partial charge < -0.3 is 19.9 Å². The number of halogens is 1. The van der Waals surface area contributed by atoms with Crippen molar-refractivity contribution in [2.75, 3.05) is 32.8 Å². The average molecular weight is 370 g/mol. The van der Waals surface area contributed by atoms with Gasteiger partial charge in [-0.3, -0.25) is 0 Å². The zero-order valence-electron chi connectivity index (χ0n) is 12.5. The summed E-state index contributed by atoms with van der Waals surface area (Å²) in [6.45, 7) is 4.65. The molecule has 0 saturated carbocycles. The van der Waals surface area contributed by atoms with Crippen LogP contribution >= 0.6 is 15.9 Å². The highest BCUT2D eigenvalue weighted by Gasteiger charge is 2.24. The van der Waals surface area contributed by atoms with Gasteiger partial charge in [-0.15, -0.1) is 0 Å². The molecule has 7 heteroatoms. The van der Waals surface area contributed by atoms with Gasteiger partial charge in [0.1, 0.15) is 0 Å². The fourth-order valence-electron chi connectivity index (χ4n) is 2.23. The Balaban J connectivity index is 1.78. The van der Waals surface area contributed by atoms with Crippen molar-refractivity contribution >= 4 is 28.1 Å². The molecule has 0 bridgehead atoms. The van der Waals surface area contributed by atoms with Gasteiger partial charge in [0.2, 0.25) is 0 Å². The predicted molar refractivity (Wildman–Crippen MR) is 86.5 cm³/mol. The van der Waals surface area contributed by atoms with Crippen molar-refractivity contribution in [3.8, 4) is 0 Å². The van der Waals surface area contributed by atoms with E-state index in [4.69, 9.17) is 4.74 Å². The normalized spacial score (nSPS) is 14.6. The van der Waals surface area contributed by atoms with Crippen LogP contribution in [0.5, 0.6) is 0 Å². The molecule has 22 heavy (non-hydrogen) atoms. The molecule has 6 nitrogen and oxygen atoms in total. The van der Waals surface area contributed by atoms with Crippen LogP contribution in [0.2, 0.25) is 0 Å². The lowest BCUT2D eigenvalue weighted by Crippen LogP contribution is -2.53. The Morgan fingerprint density at radius 2 is 1.82 bits per heavy atom. The molecule has 1 fully saturated rings. The van der Waals surface area contributed by atoms with Crippen molar-refractivity contribution in [1.82, 2.24) is 15.1 Å². The van der Waals surface area contributed by atoms with Crippen molar-refractivity contribution in [2.45, 2.75) is 13.5 Å². The first-order chi connectivity index (χ1) is 10.6. The fraction of sp³-hybridized carbons (Fsp3) is 0.467. The molecular weight excluding hydrogens is 350 g/mol. The monoisotopic (exact) mass is 369 g/mol. The minimum Gasteiger partial charge on any atom is -0.450 e. The van der Waals surface area contributed by atoms with Gasteiger partial charge in [-0.1, -0.05) is 34.1 Å². The van der Waals surface area contributed by atoms with Crippen molar-refractivity contribution in [2.24, 2.45) is 0 Å². The SMILES string of the molecule is CCOC(=O)N1CCN(C(=O)NCc2ccccc2Br)CC1. The third-order valence-corrected chi connectivity index (χ3v) is 4.25. The Hall–Kier alpha value is -1.76. The molecule has 1 aliphatic rings. The summed E-state index contributed by atoms with van der Waals surface area (Å²) in [5.74, 6) is 0. The Morgan fingerprint density at radius 1 is 1.18 bits per heavy atom. The molecule has 0 aliphatic carbocycles. The van der Waals surface area contributed by atoms with Crippen LogP contribution in [0.15, 0.2) is 28.7 Å². The van der Waals surface area contributed by atoms with Crippen molar-refractivity contribution in [3.63, 3.8) is 0 Å². The van der Waals surface area contributed by atoms with Crippen molar-refractivity contribution in [1.29, 1.82) is 0 Å². The van der Waals surface area contributed by atoms with E-state index in [9.17, 15) is 9.59 Å². The summed E-state index contributed by atoms with van der Waals surface area (Å²) in [7, 11) is 0. The van der Waals surface area contributed by atoms with E-state index >= 15 is 0 Å². The van der Waals surface area contributed by atoms with Gasteiger partial charge in [0.15, 0.2) is 0 Å². The highest BCUT2D eigenvalue weighted by Crippen LogP contribution is 2.15. The molecular formula is C15H20BrN3O3. The number of urea groups is 1. The van der Waals surface area contributed by atoms with E-state index in [1.54, 1.807) is 16.7 Å². The summed E-state index contributed by atoms with van der Waals surface area (Å²) in [6.07, 6.45) is -0.309. The highest BCUT2D eigenvalue weighted by atomic mass is 79.9. The van der Waals surface area contributed by atoms with Crippen LogP contribution in [-0.4, -0.2) is 54.7 Å². The number of rotatable bonds is 3. The number of nitrogens with one attached hydrogen (secondary N) is 1. The maximum Gasteiger partial charge on any atom is 0.409 e. The maximum absolute atomic E-state index is 12.1. The van der Waals surface area contributed by atoms with Crippen LogP contribution in [0, 0.1) is 0 Å². The number of benzene rings is 1. The van der Waals surface area contributed by atoms with E-state index in [0.29, 0.717) is 39.3 Å². The Labute approximate surface area is 138 Å². The first-order valence-corrected chi connectivity index (χ1v) is 8.09. The molecule has 0 aromatic heterocycles. The van der Waals surface area contributed by atoms with E-state index < -0.39 is 0 Å². The quantitative estimate of drug-likeness (QED) is 0.889. The minimum atomic E-state index is -0.309. The molecule has 1 aromatic rings. The summed E-state index contributed by atoms with van der Waals surface area (Å²) in [5.41, 5.74) is 1.03. The lowest BCUT2D eigenvalue weighted by atomic mass is 10.2. The van der Waals surface area contributed by atoms with Gasteiger partial charge >= 0.3 is 12.1 Å². The standard InChI is InChI=1S/C15H20BrN3O3/c1-2-22-15(21)19-9-7-18(8-10-19)14(20)17-11-12-5-3-4-6-13(12)16/h3-6H,2,7-11H2,1H3,(H,17,20). The first-order valence-electron chi connectivity index (χ1n) is 7.29. The Morgan fingerprint density at radius 3 is 2.45 bits per heavy atom. The zero-order chi connectivity index (χ0) is 15.9. The minimum absolute atomic E-state index is 0.112. The summed E-state index contributed by atoms with van der Waals surface area (Å²) < 4.78 is 5.93. The molecule has 0 spiro atoms. The number of carbonyl (C=O) groups excluding carboxylic acids is 2. The Bertz CT molecular complexity index is 531. The zero-order valence-corrected chi connectivity index (χ0v) is 14.1. The molecule has 1 saturated heterocycles. The molecule has 1 N–H and O–H groups in total. The van der Waals surface area contributed by atoms with E-state index in [2.05, 4.69) is 21.2 Å². The Kier molecular flexibility index (Phi) is 6.06. The second kappa shape index (κ2) is 8.03. The largest absolute Gasteiger partial charge is 0.450 e. The van der Waals surface area contributed by atoms with Gasteiger partial charge in [-0.05, 0) is 18.6 Å². The molecule has 1 aliphatic heterocycles. The molecule has 2 rings (SSSR count). The van der Waals surface area contributed by atoms with Crippen LogP contribution in [0.1, 0.15) is 12.5 Å². The number of piperazine rings is 1. The number of hydrogen-bond donors (Lipinski definition) is 1. The van der Waals surface area contributed by atoms with Crippen LogP contribution in [-0.2, 0) is 11.3 Å². The molecule has 0 radical (unpaired) electrons. The van der Waals surface area contributed by atoms with Gasteiger partial charge in [0, 0.05) is 37.2 Å². The third kappa shape index (κ3) is 4.37. The molecule has 0 unspecified atom stereocenters. The van der Waals surface area contributed by atoms with Gasteiger partial charge in [0.05, 0.1) is 6.61 Å². The summed E-state index contributed by atoms with van der Waals surface area (Å²) in [6, 6.07) is 7.66. The van der Waals surface area contributed by atoms with Crippen molar-refractivity contribution < 1.29 is 14.3 Å². The number of nitrogens with zero attached hydrogens (tertiary/aromatic N) is 2. The number of hydrogen-bond acceptors (Lipinski definition) is 3. The molecule has 1 heterocycles. The van der Waals surface area contributed by atoms with E-state index in [1.165, 1.54) is 0 Å². The topological polar surface area (TPSA) is 61.9 Å². The molecule has 1 aromatic carbocycles. The van der Waals surface area contributed by atoms with Crippen LogP contribution in [0.3, 0.4) is 0 Å². The number of carbonyl (C=O) groups is 2. The molecule has 0 atom stereocenters. The van der Waals surface area contributed by atoms with Gasteiger partial charge in [0.25, 0.3) is 0 Å². The lowest BCUT2D eigenvalue weighted by Gasteiger charge is -2.34. The summed E-state index contributed by atoms with van der Waals surface area (Å²) in [4.78, 5) is 27.1. The summed E-state index contributed by atoms with van der Waals surface area (Å²) >= 11 is 3.46. The van der Waals surface area contributed by atoms with E-state index in [-0.39, 0.29) is 12.1 Å². The van der Waals surface area contributed by atoms with E-state index in [0.717, 1.165) is 10.0 Å². The van der Waals surface area contributed by atoms with Crippen LogP contribution < -0.4 is 5.32 Å². The average Bonchev–Trinajstić information content (AvgIpc) is 2.54. The predicted octanol–water partition coefficient (Wildman–Crippen LogP) is 2.43. The van der Waals surface area contributed by atoms with Crippen LogP contribution in [0.25, 0.3) is 0 Å². The van der Waals surface area contributed by atoms with Crippen LogP contribution in [0.4, 0.5) is 9.59 Å². The second-order valence-corrected chi connectivity index (χ2v) is 5.78. The highest BCUT2D eigenvalue weighted by molar-refractivity contribution is 9.10. The lowest BCUT2D eigenvalue weighted by molar-refractivity contribution is 0.0851. The van der Waals surface area contributed by atoms with Crippen molar-refractivity contribution in [3.05, 3.63) is 34.3 Å². The van der Waals surface area contributed by atoms with Gasteiger partial charge in [-0.25, -0.2) is 9.59 Å². The molecule has 3 amide bonds. The third-order valence-electron chi connectivity index (χ3n) is 3.48. The second-order valence-electron chi connectivity index (χ2n) is 4.92. The number of amides is 3. The maximum atomic E-state index is 12.1. The fourth-order valence-corrected chi connectivity index (χ4v) is 2.66. The summed E-state index contributed by atoms with van der Waals surface area (Å²) in [5, 5.41) is 2.90. The number of ether oxygens (including phenoxy) is 1. The van der Waals surface area contributed by atoms with Gasteiger partial charge in [-0.2, -0.15) is 0 Å². The first kappa shape index (κ1) is 16.6. The van der Waals surface area contributed by atoms with E-state index in [1.807, 2.05) is 24.3 Å². The smallest absolute Gasteiger partial charge is 0.409 e. The molecule has 120 valence electrons.